The van der Waals surface area contributed by atoms with Crippen LogP contribution in [0.15, 0.2) is 54.7 Å². The van der Waals surface area contributed by atoms with Gasteiger partial charge in [0.05, 0.1) is 23.1 Å². The number of hydrogen-bond acceptors (Lipinski definition) is 3. The second kappa shape index (κ2) is 7.35. The SMILES string of the molecule is Cc1cc(C)n(-c2cccc(C(=O)N3CCCC[C@H]3c3ccccn3)c2)n1. The number of rotatable bonds is 3. The van der Waals surface area contributed by atoms with Crippen LogP contribution in [0.1, 0.15) is 52.7 Å². The fourth-order valence-corrected chi connectivity index (χ4v) is 3.88. The Hall–Kier alpha value is -2.95. The second-order valence-electron chi connectivity index (χ2n) is 7.15. The highest BCUT2D eigenvalue weighted by molar-refractivity contribution is 5.95. The molecule has 0 spiro atoms. The quantitative estimate of drug-likeness (QED) is 0.701. The van der Waals surface area contributed by atoms with E-state index in [-0.39, 0.29) is 11.9 Å². The van der Waals surface area contributed by atoms with Gasteiger partial charge in [-0.05, 0) is 69.5 Å². The van der Waals surface area contributed by atoms with Gasteiger partial charge in [-0.3, -0.25) is 9.78 Å². The van der Waals surface area contributed by atoms with E-state index in [0.29, 0.717) is 5.56 Å². The largest absolute Gasteiger partial charge is 0.330 e. The number of aromatic nitrogens is 3. The van der Waals surface area contributed by atoms with Gasteiger partial charge in [-0.15, -0.1) is 0 Å². The van der Waals surface area contributed by atoms with Crippen LogP contribution < -0.4 is 0 Å². The predicted molar refractivity (Wildman–Crippen MR) is 105 cm³/mol. The van der Waals surface area contributed by atoms with Crippen molar-refractivity contribution in [3.05, 3.63) is 77.4 Å². The Labute approximate surface area is 159 Å². The molecular weight excluding hydrogens is 336 g/mol. The Morgan fingerprint density at radius 3 is 2.70 bits per heavy atom. The Balaban J connectivity index is 1.65. The van der Waals surface area contributed by atoms with Crippen molar-refractivity contribution in [1.29, 1.82) is 0 Å². The standard InChI is InChI=1S/C22H24N4O/c1-16-14-17(2)26(24-16)19-9-7-8-18(15-19)22(27)25-13-6-4-11-21(25)20-10-3-5-12-23-20/h3,5,7-10,12,14-15,21H,4,6,11,13H2,1-2H3/t21-/m0/s1. The molecule has 3 heterocycles. The molecule has 138 valence electrons. The molecule has 1 aliphatic rings. The number of benzene rings is 1. The molecule has 0 bridgehead atoms. The van der Waals surface area contributed by atoms with Gasteiger partial charge in [0.2, 0.25) is 0 Å². The molecule has 2 aromatic heterocycles. The third-order valence-corrected chi connectivity index (χ3v) is 5.14. The van der Waals surface area contributed by atoms with E-state index in [0.717, 1.165) is 48.6 Å². The van der Waals surface area contributed by atoms with Gasteiger partial charge in [0, 0.05) is 24.0 Å². The molecule has 1 amide bonds. The van der Waals surface area contributed by atoms with Crippen molar-refractivity contribution in [2.45, 2.75) is 39.2 Å². The first-order valence-electron chi connectivity index (χ1n) is 9.49. The van der Waals surface area contributed by atoms with E-state index in [4.69, 9.17) is 0 Å². The van der Waals surface area contributed by atoms with E-state index < -0.39 is 0 Å². The first kappa shape index (κ1) is 17.5. The van der Waals surface area contributed by atoms with Crippen molar-refractivity contribution in [3.8, 4) is 5.69 Å². The summed E-state index contributed by atoms with van der Waals surface area (Å²) in [6, 6.07) is 15.7. The number of hydrogen-bond donors (Lipinski definition) is 0. The molecule has 0 radical (unpaired) electrons. The molecule has 4 rings (SSSR count). The van der Waals surface area contributed by atoms with E-state index in [1.807, 2.05) is 72.0 Å². The van der Waals surface area contributed by atoms with Crippen LogP contribution in [-0.2, 0) is 0 Å². The smallest absolute Gasteiger partial charge is 0.254 e. The van der Waals surface area contributed by atoms with Crippen molar-refractivity contribution in [3.63, 3.8) is 0 Å². The number of amides is 1. The van der Waals surface area contributed by atoms with E-state index in [1.54, 1.807) is 6.20 Å². The van der Waals surface area contributed by atoms with Gasteiger partial charge in [-0.25, -0.2) is 4.68 Å². The van der Waals surface area contributed by atoms with E-state index in [9.17, 15) is 4.79 Å². The van der Waals surface area contributed by atoms with Crippen LogP contribution in [0.2, 0.25) is 0 Å². The minimum absolute atomic E-state index is 0.0461. The zero-order chi connectivity index (χ0) is 18.8. The molecule has 1 aliphatic heterocycles. The molecule has 1 aromatic carbocycles. The van der Waals surface area contributed by atoms with E-state index in [1.165, 1.54) is 0 Å². The molecule has 27 heavy (non-hydrogen) atoms. The van der Waals surface area contributed by atoms with Crippen LogP contribution >= 0.6 is 0 Å². The fourth-order valence-electron chi connectivity index (χ4n) is 3.88. The topological polar surface area (TPSA) is 51.0 Å². The first-order valence-corrected chi connectivity index (χ1v) is 9.49. The van der Waals surface area contributed by atoms with Crippen LogP contribution in [0, 0.1) is 13.8 Å². The van der Waals surface area contributed by atoms with Crippen LogP contribution in [0.25, 0.3) is 5.69 Å². The van der Waals surface area contributed by atoms with Gasteiger partial charge in [0.25, 0.3) is 5.91 Å². The molecule has 1 atom stereocenters. The highest BCUT2D eigenvalue weighted by atomic mass is 16.2. The Kier molecular flexibility index (Phi) is 4.75. The maximum atomic E-state index is 13.3. The maximum Gasteiger partial charge on any atom is 0.254 e. The Bertz CT molecular complexity index is 948. The third kappa shape index (κ3) is 3.50. The summed E-state index contributed by atoms with van der Waals surface area (Å²) in [7, 11) is 0. The molecule has 1 saturated heterocycles. The molecule has 0 N–H and O–H groups in total. The van der Waals surface area contributed by atoms with E-state index >= 15 is 0 Å². The summed E-state index contributed by atoms with van der Waals surface area (Å²) < 4.78 is 1.89. The lowest BCUT2D eigenvalue weighted by Gasteiger charge is -2.35. The second-order valence-corrected chi connectivity index (χ2v) is 7.15. The van der Waals surface area contributed by atoms with Crippen molar-refractivity contribution >= 4 is 5.91 Å². The molecule has 5 heteroatoms. The number of pyridine rings is 1. The average molecular weight is 360 g/mol. The lowest BCUT2D eigenvalue weighted by Crippen LogP contribution is -2.38. The maximum absolute atomic E-state index is 13.3. The average Bonchev–Trinajstić information content (AvgIpc) is 3.06. The summed E-state index contributed by atoms with van der Waals surface area (Å²) in [5.41, 5.74) is 4.61. The van der Waals surface area contributed by atoms with Crippen molar-refractivity contribution < 1.29 is 4.79 Å². The van der Waals surface area contributed by atoms with Gasteiger partial charge in [-0.2, -0.15) is 5.10 Å². The van der Waals surface area contributed by atoms with Crippen LogP contribution in [-0.4, -0.2) is 32.1 Å². The lowest BCUT2D eigenvalue weighted by atomic mass is 9.97. The van der Waals surface area contributed by atoms with Gasteiger partial charge in [-0.1, -0.05) is 12.1 Å². The lowest BCUT2D eigenvalue weighted by molar-refractivity contribution is 0.0606. The summed E-state index contributed by atoms with van der Waals surface area (Å²) in [6.45, 7) is 4.77. The van der Waals surface area contributed by atoms with Gasteiger partial charge in [0.1, 0.15) is 0 Å². The molecule has 1 fully saturated rings. The zero-order valence-electron chi connectivity index (χ0n) is 15.8. The fraction of sp³-hybridized carbons (Fsp3) is 0.318. The van der Waals surface area contributed by atoms with Gasteiger partial charge < -0.3 is 4.90 Å². The molecular formula is C22H24N4O. The minimum Gasteiger partial charge on any atom is -0.330 e. The molecule has 0 saturated carbocycles. The van der Waals surface area contributed by atoms with Crippen molar-refractivity contribution in [2.24, 2.45) is 0 Å². The van der Waals surface area contributed by atoms with E-state index in [2.05, 4.69) is 10.1 Å². The number of carbonyl (C=O) groups is 1. The minimum atomic E-state index is 0.0461. The Morgan fingerprint density at radius 1 is 1.07 bits per heavy atom. The number of piperidine rings is 1. The van der Waals surface area contributed by atoms with Crippen molar-refractivity contribution in [1.82, 2.24) is 19.7 Å². The van der Waals surface area contributed by atoms with Gasteiger partial charge >= 0.3 is 0 Å². The third-order valence-electron chi connectivity index (χ3n) is 5.14. The predicted octanol–water partition coefficient (Wildman–Crippen LogP) is 4.25. The highest BCUT2D eigenvalue weighted by Gasteiger charge is 2.29. The van der Waals surface area contributed by atoms with Crippen molar-refractivity contribution in [2.75, 3.05) is 6.54 Å². The number of carbonyl (C=O) groups excluding carboxylic acids is 1. The van der Waals surface area contributed by atoms with Crippen LogP contribution in [0.3, 0.4) is 0 Å². The number of nitrogens with zero attached hydrogens (tertiary/aromatic N) is 4. The van der Waals surface area contributed by atoms with Crippen LogP contribution in [0.5, 0.6) is 0 Å². The normalized spacial score (nSPS) is 17.1. The summed E-state index contributed by atoms with van der Waals surface area (Å²) >= 11 is 0. The summed E-state index contributed by atoms with van der Waals surface area (Å²) in [6.07, 6.45) is 4.92. The monoisotopic (exact) mass is 360 g/mol. The van der Waals surface area contributed by atoms with Gasteiger partial charge in [0.15, 0.2) is 0 Å². The highest BCUT2D eigenvalue weighted by Crippen LogP contribution is 2.31. The molecule has 5 nitrogen and oxygen atoms in total. The summed E-state index contributed by atoms with van der Waals surface area (Å²) in [5.74, 6) is 0.0636. The number of aryl methyl sites for hydroxylation is 2. The molecule has 3 aromatic rings. The summed E-state index contributed by atoms with van der Waals surface area (Å²) in [4.78, 5) is 19.8. The Morgan fingerprint density at radius 2 is 1.96 bits per heavy atom. The number of likely N-dealkylation sites (tertiary alicyclic amines) is 1. The molecule has 0 aliphatic carbocycles. The van der Waals surface area contributed by atoms with Crippen LogP contribution in [0.4, 0.5) is 0 Å². The molecule has 0 unspecified atom stereocenters. The first-order chi connectivity index (χ1) is 13.1. The summed E-state index contributed by atoms with van der Waals surface area (Å²) in [5, 5.41) is 4.54. The zero-order valence-corrected chi connectivity index (χ0v) is 15.8.